The summed E-state index contributed by atoms with van der Waals surface area (Å²) in [6.45, 7) is 7.01. The van der Waals surface area contributed by atoms with Crippen LogP contribution in [-0.2, 0) is 4.74 Å². The SMILES string of the molecule is CC(C)(C)OC(=O)N(C1CC1)[C@@H]1CCN(c2cnc(C(=O)O)cn2)C1.[Li]. The second-order valence-corrected chi connectivity index (χ2v) is 7.57. The van der Waals surface area contributed by atoms with Gasteiger partial charge < -0.3 is 19.6 Å². The first-order chi connectivity index (χ1) is 11.7. The van der Waals surface area contributed by atoms with Gasteiger partial charge in [0.15, 0.2) is 5.69 Å². The van der Waals surface area contributed by atoms with Crippen LogP contribution in [0.3, 0.4) is 0 Å². The Morgan fingerprint density at radius 1 is 1.19 bits per heavy atom. The van der Waals surface area contributed by atoms with Gasteiger partial charge in [-0.15, -0.1) is 0 Å². The maximum Gasteiger partial charge on any atom is 0.410 e. The number of anilines is 1. The summed E-state index contributed by atoms with van der Waals surface area (Å²) in [5, 5.41) is 8.90. The van der Waals surface area contributed by atoms with Crippen molar-refractivity contribution in [2.75, 3.05) is 18.0 Å². The summed E-state index contributed by atoms with van der Waals surface area (Å²) in [5.41, 5.74) is -0.589. The minimum absolute atomic E-state index is 0. The molecule has 26 heavy (non-hydrogen) atoms. The minimum Gasteiger partial charge on any atom is -0.476 e. The zero-order valence-corrected chi connectivity index (χ0v) is 15.8. The first-order valence-corrected chi connectivity index (χ1v) is 8.56. The molecule has 0 bridgehead atoms. The first-order valence-electron chi connectivity index (χ1n) is 8.56. The molecule has 0 spiro atoms. The number of carbonyl (C=O) groups is 2. The van der Waals surface area contributed by atoms with Gasteiger partial charge in [-0.25, -0.2) is 19.6 Å². The molecule has 1 aliphatic carbocycles. The molecule has 1 aromatic heterocycles. The number of hydrogen-bond acceptors (Lipinski definition) is 6. The predicted molar refractivity (Wildman–Crippen MR) is 96.5 cm³/mol. The maximum absolute atomic E-state index is 12.6. The molecular formula is C17H24LiN4O4. The van der Waals surface area contributed by atoms with Crippen LogP contribution in [0.15, 0.2) is 12.4 Å². The smallest absolute Gasteiger partial charge is 0.410 e. The number of nitrogens with zero attached hydrogens (tertiary/aromatic N) is 4. The van der Waals surface area contributed by atoms with Crippen LogP contribution < -0.4 is 4.90 Å². The number of carboxylic acids is 1. The molecule has 2 fully saturated rings. The number of hydrogen-bond donors (Lipinski definition) is 1. The molecule has 0 unspecified atom stereocenters. The molecule has 0 aromatic carbocycles. The van der Waals surface area contributed by atoms with Gasteiger partial charge in [-0.3, -0.25) is 0 Å². The van der Waals surface area contributed by atoms with Crippen molar-refractivity contribution in [1.82, 2.24) is 14.9 Å². The molecule has 137 valence electrons. The van der Waals surface area contributed by atoms with Gasteiger partial charge in [0.25, 0.3) is 0 Å². The fraction of sp³-hybridized carbons (Fsp3) is 0.647. The zero-order chi connectivity index (χ0) is 18.2. The third kappa shape index (κ3) is 4.89. The Morgan fingerprint density at radius 2 is 1.88 bits per heavy atom. The zero-order valence-electron chi connectivity index (χ0n) is 15.8. The van der Waals surface area contributed by atoms with E-state index in [4.69, 9.17) is 9.84 Å². The Labute approximate surface area is 165 Å². The summed E-state index contributed by atoms with van der Waals surface area (Å²) in [4.78, 5) is 35.5. The predicted octanol–water partition coefficient (Wildman–Crippen LogP) is 1.77. The molecule has 3 rings (SSSR count). The molecular weight excluding hydrogens is 331 g/mol. The molecule has 1 saturated carbocycles. The van der Waals surface area contributed by atoms with Crippen LogP contribution in [0.1, 0.15) is 50.5 Å². The van der Waals surface area contributed by atoms with Crippen LogP contribution in [0.4, 0.5) is 10.6 Å². The summed E-state index contributed by atoms with van der Waals surface area (Å²) in [5.74, 6) is -0.462. The molecule has 1 aromatic rings. The monoisotopic (exact) mass is 355 g/mol. The summed E-state index contributed by atoms with van der Waals surface area (Å²) in [6.07, 6.45) is 5.34. The van der Waals surface area contributed by atoms with E-state index < -0.39 is 11.6 Å². The van der Waals surface area contributed by atoms with Crippen LogP contribution in [0.2, 0.25) is 0 Å². The fourth-order valence-corrected chi connectivity index (χ4v) is 3.04. The standard InChI is InChI=1S/C17H24N4O4.Li/c1-17(2,3)25-16(24)21(11-4-5-11)12-6-7-20(10-12)14-9-18-13(8-19-14)15(22)23;/h8-9,11-12H,4-7,10H2,1-3H3,(H,22,23);/t12-;/m1./s1. The van der Waals surface area contributed by atoms with E-state index in [1.807, 2.05) is 30.6 Å². The molecule has 2 aliphatic rings. The number of aromatic nitrogens is 2. The van der Waals surface area contributed by atoms with E-state index in [1.165, 1.54) is 12.4 Å². The van der Waals surface area contributed by atoms with Crippen molar-refractivity contribution in [3.8, 4) is 0 Å². The van der Waals surface area contributed by atoms with Crippen molar-refractivity contribution in [3.63, 3.8) is 0 Å². The van der Waals surface area contributed by atoms with Crippen LogP contribution in [-0.4, -0.2) is 81.7 Å². The molecule has 1 amide bonds. The van der Waals surface area contributed by atoms with Gasteiger partial charge in [-0.1, -0.05) is 0 Å². The largest absolute Gasteiger partial charge is 0.476 e. The van der Waals surface area contributed by atoms with Gasteiger partial charge in [-0.05, 0) is 40.0 Å². The molecule has 1 aliphatic heterocycles. The van der Waals surface area contributed by atoms with Gasteiger partial charge in [0.1, 0.15) is 11.4 Å². The number of carboxylic acid groups (broad SMARTS) is 1. The normalized spacial score (nSPS) is 19.7. The van der Waals surface area contributed by atoms with Crippen molar-refractivity contribution < 1.29 is 19.4 Å². The van der Waals surface area contributed by atoms with Crippen LogP contribution in [0, 0.1) is 0 Å². The Bertz CT molecular complexity index is 658. The van der Waals surface area contributed by atoms with E-state index in [9.17, 15) is 9.59 Å². The Morgan fingerprint density at radius 3 is 2.38 bits per heavy atom. The number of amides is 1. The molecule has 2 heterocycles. The van der Waals surface area contributed by atoms with Crippen molar-refractivity contribution in [2.45, 2.75) is 57.7 Å². The number of carbonyl (C=O) groups excluding carboxylic acids is 1. The molecule has 1 N–H and O–H groups in total. The average Bonchev–Trinajstić information content (AvgIpc) is 3.22. The van der Waals surface area contributed by atoms with Crippen LogP contribution in [0.25, 0.3) is 0 Å². The fourth-order valence-electron chi connectivity index (χ4n) is 3.04. The summed E-state index contributed by atoms with van der Waals surface area (Å²) in [6, 6.07) is 0.337. The summed E-state index contributed by atoms with van der Waals surface area (Å²) >= 11 is 0. The Balaban J connectivity index is 0.00000243. The number of ether oxygens (including phenoxy) is 1. The second kappa shape index (κ2) is 7.85. The third-order valence-electron chi connectivity index (χ3n) is 4.28. The minimum atomic E-state index is -1.09. The molecule has 8 nitrogen and oxygen atoms in total. The van der Waals surface area contributed by atoms with Gasteiger partial charge >= 0.3 is 12.1 Å². The van der Waals surface area contributed by atoms with Gasteiger partial charge in [0.05, 0.1) is 18.4 Å². The molecule has 1 radical (unpaired) electrons. The van der Waals surface area contributed by atoms with Crippen LogP contribution >= 0.6 is 0 Å². The third-order valence-corrected chi connectivity index (χ3v) is 4.28. The van der Waals surface area contributed by atoms with Crippen molar-refractivity contribution in [2.24, 2.45) is 0 Å². The average molecular weight is 355 g/mol. The van der Waals surface area contributed by atoms with Crippen molar-refractivity contribution in [3.05, 3.63) is 18.1 Å². The van der Waals surface area contributed by atoms with Gasteiger partial charge in [-0.2, -0.15) is 0 Å². The van der Waals surface area contributed by atoms with E-state index in [0.717, 1.165) is 25.8 Å². The van der Waals surface area contributed by atoms with E-state index in [2.05, 4.69) is 9.97 Å². The van der Waals surface area contributed by atoms with E-state index in [-0.39, 0.29) is 42.7 Å². The Kier molecular flexibility index (Phi) is 6.20. The van der Waals surface area contributed by atoms with Crippen molar-refractivity contribution >= 4 is 36.7 Å². The number of aromatic carboxylic acids is 1. The van der Waals surface area contributed by atoms with Gasteiger partial charge in [0.2, 0.25) is 0 Å². The molecule has 9 heteroatoms. The van der Waals surface area contributed by atoms with Gasteiger partial charge in [0, 0.05) is 38.0 Å². The topological polar surface area (TPSA) is 95.9 Å². The first kappa shape index (κ1) is 20.5. The molecule has 1 saturated heterocycles. The maximum atomic E-state index is 12.6. The Hall–Kier alpha value is -1.78. The number of rotatable bonds is 4. The second-order valence-electron chi connectivity index (χ2n) is 7.57. The van der Waals surface area contributed by atoms with E-state index in [1.54, 1.807) is 0 Å². The van der Waals surface area contributed by atoms with E-state index in [0.29, 0.717) is 12.4 Å². The molecule has 1 atom stereocenters. The van der Waals surface area contributed by atoms with E-state index >= 15 is 0 Å². The summed E-state index contributed by atoms with van der Waals surface area (Å²) < 4.78 is 5.57. The quantitative estimate of drug-likeness (QED) is 0.822. The van der Waals surface area contributed by atoms with Crippen molar-refractivity contribution in [1.29, 1.82) is 0 Å². The summed E-state index contributed by atoms with van der Waals surface area (Å²) in [7, 11) is 0. The van der Waals surface area contributed by atoms with Crippen LogP contribution in [0.5, 0.6) is 0 Å².